The van der Waals surface area contributed by atoms with Crippen molar-refractivity contribution < 1.29 is 4.79 Å². The fraction of sp³-hybridized carbons (Fsp3) is 0.889. The predicted octanol–water partition coefficient (Wildman–Crippen LogP) is 1.65. The minimum absolute atomic E-state index is 0.199. The summed E-state index contributed by atoms with van der Waals surface area (Å²) in [6, 6.07) is 0. The molecule has 2 heteroatoms. The number of nitrogens with one attached hydrogen (secondary N) is 1. The van der Waals surface area contributed by atoms with E-state index in [1.54, 1.807) is 0 Å². The van der Waals surface area contributed by atoms with Crippen LogP contribution in [-0.4, -0.2) is 18.4 Å². The van der Waals surface area contributed by atoms with Crippen LogP contribution < -0.4 is 5.32 Å². The van der Waals surface area contributed by atoms with E-state index in [-0.39, 0.29) is 5.54 Å². The first-order valence-corrected chi connectivity index (χ1v) is 4.16. The Hall–Kier alpha value is -0.370. The smallest absolute Gasteiger partial charge is 0.198 e. The Labute approximate surface area is 69.4 Å². The van der Waals surface area contributed by atoms with Crippen molar-refractivity contribution in [2.24, 2.45) is 0 Å². The molecule has 0 aromatic rings. The van der Waals surface area contributed by atoms with Crippen molar-refractivity contribution in [1.82, 2.24) is 5.32 Å². The van der Waals surface area contributed by atoms with Crippen molar-refractivity contribution in [3.8, 4) is 0 Å². The fourth-order valence-corrected chi connectivity index (χ4v) is 0.786. The van der Waals surface area contributed by atoms with Crippen molar-refractivity contribution in [3.05, 3.63) is 0 Å². The van der Waals surface area contributed by atoms with Gasteiger partial charge in [0, 0.05) is 12.0 Å². The van der Waals surface area contributed by atoms with Gasteiger partial charge in [0.1, 0.15) is 0 Å². The van der Waals surface area contributed by atoms with Gasteiger partial charge in [-0.1, -0.05) is 0 Å². The van der Waals surface area contributed by atoms with Gasteiger partial charge in [0.25, 0.3) is 0 Å². The topological polar surface area (TPSA) is 29.1 Å². The maximum atomic E-state index is 9.82. The Morgan fingerprint density at radius 1 is 1.27 bits per heavy atom. The van der Waals surface area contributed by atoms with Gasteiger partial charge in [-0.25, -0.2) is 0 Å². The van der Waals surface area contributed by atoms with E-state index < -0.39 is 0 Å². The van der Waals surface area contributed by atoms with Crippen LogP contribution in [-0.2, 0) is 4.79 Å². The summed E-state index contributed by atoms with van der Waals surface area (Å²) < 4.78 is 0. The first-order valence-electron chi connectivity index (χ1n) is 4.16. The molecule has 1 N–H and O–H groups in total. The molecule has 0 heterocycles. The normalized spacial score (nSPS) is 11.5. The van der Waals surface area contributed by atoms with Crippen LogP contribution in [0.3, 0.4) is 0 Å². The highest BCUT2D eigenvalue weighted by Gasteiger charge is 2.06. The maximum Gasteiger partial charge on any atom is 0.198 e. The highest BCUT2D eigenvalue weighted by atomic mass is 16.1. The number of rotatable bonds is 5. The van der Waals surface area contributed by atoms with Crippen LogP contribution in [0.1, 0.15) is 40.0 Å². The molecule has 0 aliphatic carbocycles. The number of carbonyl (C=O) groups excluding carboxylic acids is 1. The molecule has 0 aromatic heterocycles. The van der Waals surface area contributed by atoms with E-state index in [0.29, 0.717) is 6.42 Å². The third-order valence-corrected chi connectivity index (χ3v) is 1.36. The van der Waals surface area contributed by atoms with Crippen LogP contribution in [0.4, 0.5) is 0 Å². The van der Waals surface area contributed by atoms with Crippen molar-refractivity contribution in [2.45, 2.75) is 45.6 Å². The van der Waals surface area contributed by atoms with Gasteiger partial charge < -0.3 is 5.32 Å². The molecule has 0 spiro atoms. The van der Waals surface area contributed by atoms with E-state index in [2.05, 4.69) is 26.1 Å². The number of hydrogen-bond acceptors (Lipinski definition) is 2. The van der Waals surface area contributed by atoms with Crippen LogP contribution in [0.5, 0.6) is 0 Å². The van der Waals surface area contributed by atoms with Crippen LogP contribution >= 0.6 is 0 Å². The second-order valence-electron chi connectivity index (χ2n) is 3.78. The molecule has 0 unspecified atom stereocenters. The first-order chi connectivity index (χ1) is 5.06. The minimum atomic E-state index is 0.199. The molecule has 0 rings (SSSR count). The Balaban J connectivity index is 3.08. The van der Waals surface area contributed by atoms with E-state index in [0.717, 1.165) is 19.4 Å². The summed E-state index contributed by atoms with van der Waals surface area (Å²) in [6.07, 6.45) is 4.48. The van der Waals surface area contributed by atoms with Gasteiger partial charge in [-0.05, 0) is 40.2 Å². The van der Waals surface area contributed by atoms with Gasteiger partial charge in [0.05, 0.1) is 0 Å². The molecule has 0 aliphatic heterocycles. The molecule has 1 radical (unpaired) electrons. The molecule has 11 heavy (non-hydrogen) atoms. The molecule has 0 saturated heterocycles. The largest absolute Gasteiger partial charge is 0.312 e. The lowest BCUT2D eigenvalue weighted by molar-refractivity contribution is 0.419. The van der Waals surface area contributed by atoms with E-state index in [1.807, 2.05) is 6.29 Å². The van der Waals surface area contributed by atoms with Gasteiger partial charge in [-0.2, -0.15) is 0 Å². The van der Waals surface area contributed by atoms with Gasteiger partial charge in [-0.3, -0.25) is 4.79 Å². The van der Waals surface area contributed by atoms with Crippen molar-refractivity contribution >= 4 is 6.29 Å². The lowest BCUT2D eigenvalue weighted by atomic mass is 10.1. The van der Waals surface area contributed by atoms with Crippen LogP contribution in [0.25, 0.3) is 0 Å². The quantitative estimate of drug-likeness (QED) is 0.613. The van der Waals surface area contributed by atoms with Crippen molar-refractivity contribution in [3.63, 3.8) is 0 Å². The molecular weight excluding hydrogens is 138 g/mol. The van der Waals surface area contributed by atoms with Crippen molar-refractivity contribution in [1.29, 1.82) is 0 Å². The van der Waals surface area contributed by atoms with E-state index in [4.69, 9.17) is 0 Å². The molecular formula is C9H18NO. The lowest BCUT2D eigenvalue weighted by Gasteiger charge is -2.20. The number of unbranched alkanes of at least 4 members (excludes halogenated alkanes) is 2. The SMILES string of the molecule is CC(C)(C)NCCCC[C]=O. The maximum absolute atomic E-state index is 9.82. The van der Waals surface area contributed by atoms with Crippen LogP contribution in [0.15, 0.2) is 0 Å². The molecule has 65 valence electrons. The molecule has 0 amide bonds. The molecule has 0 aliphatic rings. The average molecular weight is 156 g/mol. The summed E-state index contributed by atoms with van der Waals surface area (Å²) in [5, 5.41) is 3.35. The lowest BCUT2D eigenvalue weighted by Crippen LogP contribution is -2.36. The second-order valence-corrected chi connectivity index (χ2v) is 3.78. The molecule has 0 fully saturated rings. The van der Waals surface area contributed by atoms with E-state index in [1.165, 1.54) is 0 Å². The van der Waals surface area contributed by atoms with Crippen LogP contribution in [0.2, 0.25) is 0 Å². The summed E-state index contributed by atoms with van der Waals surface area (Å²) in [5.41, 5.74) is 0.199. The Kier molecular flexibility index (Phi) is 5.12. The van der Waals surface area contributed by atoms with E-state index in [9.17, 15) is 4.79 Å². The van der Waals surface area contributed by atoms with Gasteiger partial charge in [0.15, 0.2) is 6.29 Å². The second kappa shape index (κ2) is 5.30. The molecule has 2 nitrogen and oxygen atoms in total. The Morgan fingerprint density at radius 2 is 1.91 bits per heavy atom. The predicted molar refractivity (Wildman–Crippen MR) is 47.3 cm³/mol. The van der Waals surface area contributed by atoms with Gasteiger partial charge >= 0.3 is 0 Å². The summed E-state index contributed by atoms with van der Waals surface area (Å²) >= 11 is 0. The summed E-state index contributed by atoms with van der Waals surface area (Å²) in [4.78, 5) is 9.82. The van der Waals surface area contributed by atoms with Gasteiger partial charge in [0.2, 0.25) is 0 Å². The molecule has 0 atom stereocenters. The summed E-state index contributed by atoms with van der Waals surface area (Å²) in [6.45, 7) is 7.40. The Bertz CT molecular complexity index is 105. The van der Waals surface area contributed by atoms with Gasteiger partial charge in [-0.15, -0.1) is 0 Å². The zero-order valence-electron chi connectivity index (χ0n) is 7.74. The van der Waals surface area contributed by atoms with Crippen LogP contribution in [0, 0.1) is 0 Å². The van der Waals surface area contributed by atoms with E-state index >= 15 is 0 Å². The van der Waals surface area contributed by atoms with Crippen molar-refractivity contribution in [2.75, 3.05) is 6.54 Å². The molecule has 0 saturated carbocycles. The molecule has 0 bridgehead atoms. The summed E-state index contributed by atoms with van der Waals surface area (Å²) in [7, 11) is 0. The number of hydrogen-bond donors (Lipinski definition) is 1. The third-order valence-electron chi connectivity index (χ3n) is 1.36. The minimum Gasteiger partial charge on any atom is -0.312 e. The zero-order chi connectivity index (χ0) is 8.74. The molecule has 0 aromatic carbocycles. The highest BCUT2D eigenvalue weighted by molar-refractivity contribution is 5.50. The Morgan fingerprint density at radius 3 is 2.36 bits per heavy atom. The first kappa shape index (κ1) is 10.6. The average Bonchev–Trinajstić information content (AvgIpc) is 1.85. The summed E-state index contributed by atoms with van der Waals surface area (Å²) in [5.74, 6) is 0. The third kappa shape index (κ3) is 9.63. The zero-order valence-corrected chi connectivity index (χ0v) is 7.74. The standard InChI is InChI=1S/C9H18NO/c1-9(2,3)10-7-5-4-6-8-11/h10H,4-7H2,1-3H3. The highest BCUT2D eigenvalue weighted by Crippen LogP contribution is 1.99. The monoisotopic (exact) mass is 156 g/mol. The fourth-order valence-electron chi connectivity index (χ4n) is 0.786.